The van der Waals surface area contributed by atoms with E-state index in [1.54, 1.807) is 23.4 Å². The molecular formula is C29H29N9O2. The highest BCUT2D eigenvalue weighted by molar-refractivity contribution is 5.87. The van der Waals surface area contributed by atoms with E-state index in [0.29, 0.717) is 43.5 Å². The predicted molar refractivity (Wildman–Crippen MR) is 152 cm³/mol. The minimum absolute atomic E-state index is 0.0437. The molecule has 0 spiro atoms. The van der Waals surface area contributed by atoms with Crippen LogP contribution in [-0.2, 0) is 9.59 Å². The van der Waals surface area contributed by atoms with Crippen LogP contribution in [0.3, 0.4) is 0 Å². The number of hydrogen-bond donors (Lipinski definition) is 2. The third-order valence-corrected chi connectivity index (χ3v) is 6.95. The molecule has 1 saturated heterocycles. The van der Waals surface area contributed by atoms with E-state index in [1.807, 2.05) is 39.8 Å². The molecule has 1 aliphatic rings. The molecule has 0 radical (unpaired) electrons. The van der Waals surface area contributed by atoms with Gasteiger partial charge in [-0.3, -0.25) is 18.8 Å². The predicted octanol–water partition coefficient (Wildman–Crippen LogP) is 3.22. The molecular weight excluding hydrogens is 506 g/mol. The van der Waals surface area contributed by atoms with Crippen molar-refractivity contribution in [3.05, 3.63) is 79.9 Å². The summed E-state index contributed by atoms with van der Waals surface area (Å²) in [4.78, 5) is 34.8. The number of fused-ring (bicyclic) bond motifs is 1. The molecule has 40 heavy (non-hydrogen) atoms. The van der Waals surface area contributed by atoms with E-state index in [2.05, 4.69) is 39.9 Å². The summed E-state index contributed by atoms with van der Waals surface area (Å²) < 4.78 is 3.81. The number of carbonyl (C=O) groups is 2. The average Bonchev–Trinajstić information content (AvgIpc) is 3.66. The van der Waals surface area contributed by atoms with Crippen LogP contribution < -0.4 is 10.6 Å². The zero-order valence-electron chi connectivity index (χ0n) is 22.0. The second-order valence-corrected chi connectivity index (χ2v) is 9.39. The molecule has 0 bridgehead atoms. The van der Waals surface area contributed by atoms with E-state index in [-0.39, 0.29) is 17.9 Å². The van der Waals surface area contributed by atoms with Crippen LogP contribution in [0.5, 0.6) is 0 Å². The normalized spacial score (nSPS) is 13.5. The molecule has 0 unspecified atom stereocenters. The van der Waals surface area contributed by atoms with Crippen LogP contribution >= 0.6 is 0 Å². The van der Waals surface area contributed by atoms with Gasteiger partial charge in [0.25, 0.3) is 0 Å². The fraction of sp³-hybridized carbons (Fsp3) is 0.241. The number of anilines is 1. The molecule has 0 atom stereocenters. The Kier molecular flexibility index (Phi) is 7.68. The quantitative estimate of drug-likeness (QED) is 0.248. The Hall–Kier alpha value is -5.24. The molecule has 3 aromatic heterocycles. The summed E-state index contributed by atoms with van der Waals surface area (Å²) in [7, 11) is 0. The van der Waals surface area contributed by atoms with Crippen LogP contribution in [0.2, 0.25) is 0 Å². The van der Waals surface area contributed by atoms with Crippen molar-refractivity contribution in [1.29, 1.82) is 5.26 Å². The van der Waals surface area contributed by atoms with E-state index in [1.165, 1.54) is 12.2 Å². The lowest BCUT2D eigenvalue weighted by atomic mass is 10.1. The summed E-state index contributed by atoms with van der Waals surface area (Å²) in [5.41, 5.74) is 3.09. The number of nitrogens with zero attached hydrogens (tertiary/aromatic N) is 7. The van der Waals surface area contributed by atoms with Crippen LogP contribution in [0.4, 0.5) is 5.82 Å². The molecule has 1 aromatic carbocycles. The fourth-order valence-electron chi connectivity index (χ4n) is 4.82. The van der Waals surface area contributed by atoms with Crippen molar-refractivity contribution in [1.82, 2.24) is 34.5 Å². The average molecular weight is 536 g/mol. The molecule has 2 amide bonds. The van der Waals surface area contributed by atoms with Gasteiger partial charge in [-0.05, 0) is 49.3 Å². The Morgan fingerprint density at radius 2 is 1.95 bits per heavy atom. The molecule has 5 rings (SSSR count). The zero-order valence-corrected chi connectivity index (χ0v) is 22.0. The van der Waals surface area contributed by atoms with Crippen LogP contribution in [-0.4, -0.2) is 67.2 Å². The number of hydrogen-bond acceptors (Lipinski definition) is 7. The first-order chi connectivity index (χ1) is 19.5. The number of piperidine rings is 1. The third kappa shape index (κ3) is 5.47. The number of likely N-dealkylation sites (tertiary alicyclic amines) is 1. The first-order valence-corrected chi connectivity index (χ1v) is 13.0. The Morgan fingerprint density at radius 1 is 1.12 bits per heavy atom. The molecule has 11 nitrogen and oxygen atoms in total. The van der Waals surface area contributed by atoms with Gasteiger partial charge in [-0.2, -0.15) is 15.3 Å². The second-order valence-electron chi connectivity index (χ2n) is 9.39. The smallest absolute Gasteiger partial charge is 0.245 e. The number of nitrogens with one attached hydrogen (secondary N) is 2. The van der Waals surface area contributed by atoms with Gasteiger partial charge in [0.15, 0.2) is 0 Å². The highest BCUT2D eigenvalue weighted by Gasteiger charge is 2.24. The number of nitriles is 1. The fourth-order valence-corrected chi connectivity index (χ4v) is 4.82. The van der Waals surface area contributed by atoms with Gasteiger partial charge in [0.1, 0.15) is 5.82 Å². The topological polar surface area (TPSA) is 134 Å². The summed E-state index contributed by atoms with van der Waals surface area (Å²) in [6, 6.07) is 9.73. The second kappa shape index (κ2) is 11.7. The van der Waals surface area contributed by atoms with Crippen molar-refractivity contribution in [2.45, 2.75) is 18.9 Å². The van der Waals surface area contributed by atoms with Gasteiger partial charge in [0.05, 0.1) is 29.4 Å². The van der Waals surface area contributed by atoms with Crippen molar-refractivity contribution in [2.24, 2.45) is 0 Å². The number of aromatic nitrogens is 5. The Labute approximate surface area is 231 Å². The SMILES string of the molecule is C=CC(=O)NCCNc1nc(-n2ccc3cc(C#N)ccc32)ncc1-c1cnn(C2CCN(C(=O)C=C)CC2)c1. The van der Waals surface area contributed by atoms with Crippen molar-refractivity contribution in [3.63, 3.8) is 0 Å². The molecule has 1 aliphatic heterocycles. The number of rotatable bonds is 9. The van der Waals surface area contributed by atoms with E-state index in [0.717, 1.165) is 34.9 Å². The van der Waals surface area contributed by atoms with Crippen LogP contribution in [0.25, 0.3) is 28.0 Å². The highest BCUT2D eigenvalue weighted by atomic mass is 16.2. The minimum Gasteiger partial charge on any atom is -0.368 e. The van der Waals surface area contributed by atoms with E-state index < -0.39 is 0 Å². The molecule has 202 valence electrons. The van der Waals surface area contributed by atoms with Crippen molar-refractivity contribution < 1.29 is 9.59 Å². The van der Waals surface area contributed by atoms with E-state index in [9.17, 15) is 14.9 Å². The summed E-state index contributed by atoms with van der Waals surface area (Å²) in [5, 5.41) is 20.8. The monoisotopic (exact) mass is 535 g/mol. The van der Waals surface area contributed by atoms with E-state index >= 15 is 0 Å². The third-order valence-electron chi connectivity index (χ3n) is 6.95. The van der Waals surface area contributed by atoms with Gasteiger partial charge in [-0.25, -0.2) is 4.98 Å². The Balaban J connectivity index is 1.42. The van der Waals surface area contributed by atoms with Gasteiger partial charge < -0.3 is 15.5 Å². The Morgan fingerprint density at radius 3 is 2.70 bits per heavy atom. The van der Waals surface area contributed by atoms with E-state index in [4.69, 9.17) is 4.98 Å². The first-order valence-electron chi connectivity index (χ1n) is 13.0. The molecule has 2 N–H and O–H groups in total. The van der Waals surface area contributed by atoms with Crippen LogP contribution in [0.1, 0.15) is 24.4 Å². The number of benzene rings is 1. The maximum atomic E-state index is 11.9. The maximum absolute atomic E-state index is 11.9. The summed E-state index contributed by atoms with van der Waals surface area (Å²) in [5.74, 6) is 0.771. The summed E-state index contributed by atoms with van der Waals surface area (Å²) in [6.07, 6.45) is 11.6. The van der Waals surface area contributed by atoms with Crippen molar-refractivity contribution >= 4 is 28.5 Å². The molecule has 0 aliphatic carbocycles. The highest BCUT2D eigenvalue weighted by Crippen LogP contribution is 2.30. The lowest BCUT2D eigenvalue weighted by molar-refractivity contribution is -0.127. The molecule has 11 heteroatoms. The lowest BCUT2D eigenvalue weighted by Gasteiger charge is -2.31. The van der Waals surface area contributed by atoms with Crippen LogP contribution in [0.15, 0.2) is 74.4 Å². The largest absolute Gasteiger partial charge is 0.368 e. The summed E-state index contributed by atoms with van der Waals surface area (Å²) >= 11 is 0. The van der Waals surface area contributed by atoms with Gasteiger partial charge in [0, 0.05) is 61.3 Å². The minimum atomic E-state index is -0.247. The van der Waals surface area contributed by atoms with Gasteiger partial charge >= 0.3 is 0 Å². The molecule has 4 heterocycles. The van der Waals surface area contributed by atoms with Gasteiger partial charge in [-0.15, -0.1) is 0 Å². The molecule has 1 fully saturated rings. The number of amides is 2. The van der Waals surface area contributed by atoms with Crippen LogP contribution in [0, 0.1) is 11.3 Å². The van der Waals surface area contributed by atoms with Crippen molar-refractivity contribution in [3.8, 4) is 23.1 Å². The molecule has 0 saturated carbocycles. The zero-order chi connectivity index (χ0) is 28.1. The van der Waals surface area contributed by atoms with Gasteiger partial charge in [-0.1, -0.05) is 13.2 Å². The number of carbonyl (C=O) groups excluding carboxylic acids is 2. The standard InChI is InChI=1S/C29H29N9O2/c1-3-26(39)31-10-11-32-28-24(22-17-34-38(19-22)23-8-12-36(13-9-23)27(40)4-2)18-33-29(35-28)37-14-7-21-15-20(16-30)5-6-25(21)37/h3-7,14-15,17-19,23H,1-2,8-13H2,(H,31,39)(H,32,33,35). The maximum Gasteiger partial charge on any atom is 0.245 e. The molecule has 4 aromatic rings. The summed E-state index contributed by atoms with van der Waals surface area (Å²) in [6.45, 7) is 9.19. The lowest BCUT2D eigenvalue weighted by Crippen LogP contribution is -2.38. The first kappa shape index (κ1) is 26.4. The van der Waals surface area contributed by atoms with Crippen molar-refractivity contribution in [2.75, 3.05) is 31.5 Å². The Bertz CT molecular complexity index is 1620. The van der Waals surface area contributed by atoms with Gasteiger partial charge in [0.2, 0.25) is 17.8 Å².